The van der Waals surface area contributed by atoms with E-state index in [2.05, 4.69) is 0 Å². The number of rotatable bonds is 8. The molecule has 2 rings (SSSR count). The van der Waals surface area contributed by atoms with Crippen LogP contribution in [0.3, 0.4) is 0 Å². The summed E-state index contributed by atoms with van der Waals surface area (Å²) in [4.78, 5) is 51.2. The average Bonchev–Trinajstić information content (AvgIpc) is 3.01. The molecule has 0 spiro atoms. The molecule has 4 amide bonds. The molecule has 2 aliphatic rings. The van der Waals surface area contributed by atoms with Crippen molar-refractivity contribution in [1.82, 2.24) is 9.80 Å². The number of amides is 4. The first-order valence-corrected chi connectivity index (χ1v) is 9.77. The van der Waals surface area contributed by atoms with Crippen LogP contribution in [0, 0.1) is 22.7 Å². The second kappa shape index (κ2) is 8.31. The van der Waals surface area contributed by atoms with E-state index < -0.39 is 5.92 Å². The van der Waals surface area contributed by atoms with Gasteiger partial charge in [-0.2, -0.15) is 0 Å². The molecule has 2 saturated heterocycles. The number of carbonyl (C=O) groups is 4. The van der Waals surface area contributed by atoms with Gasteiger partial charge in [-0.15, -0.1) is 0 Å². The van der Waals surface area contributed by atoms with E-state index in [0.717, 1.165) is 19.3 Å². The van der Waals surface area contributed by atoms with Crippen LogP contribution in [-0.4, -0.2) is 52.2 Å². The quantitative estimate of drug-likeness (QED) is 0.399. The van der Waals surface area contributed by atoms with Crippen LogP contribution in [0.5, 0.6) is 0 Å². The summed E-state index contributed by atoms with van der Waals surface area (Å²) in [5, 5.41) is 7.58. The van der Waals surface area contributed by atoms with Gasteiger partial charge >= 0.3 is 0 Å². The molecule has 1 N–H and O–H groups in total. The number of nitrogens with zero attached hydrogens (tertiary/aromatic N) is 2. The van der Waals surface area contributed by atoms with E-state index in [-0.39, 0.29) is 47.1 Å². The highest BCUT2D eigenvalue weighted by Crippen LogP contribution is 2.35. The zero-order valence-corrected chi connectivity index (χ0v) is 16.8. The van der Waals surface area contributed by atoms with Crippen molar-refractivity contribution in [2.75, 3.05) is 13.1 Å². The van der Waals surface area contributed by atoms with Gasteiger partial charge in [0, 0.05) is 31.6 Å². The molecule has 27 heavy (non-hydrogen) atoms. The van der Waals surface area contributed by atoms with Crippen molar-refractivity contribution in [2.24, 2.45) is 17.3 Å². The van der Waals surface area contributed by atoms with E-state index >= 15 is 0 Å². The molecule has 2 aliphatic heterocycles. The molecule has 0 radical (unpaired) electrons. The number of imide groups is 2. The Labute approximate surface area is 161 Å². The van der Waals surface area contributed by atoms with Crippen LogP contribution in [0.25, 0.3) is 0 Å². The third-order valence-electron chi connectivity index (χ3n) is 5.57. The predicted octanol–water partition coefficient (Wildman–Crippen LogP) is 2.38. The van der Waals surface area contributed by atoms with Crippen molar-refractivity contribution in [3.63, 3.8) is 0 Å². The van der Waals surface area contributed by atoms with Crippen molar-refractivity contribution in [3.05, 3.63) is 0 Å². The van der Waals surface area contributed by atoms with Gasteiger partial charge < -0.3 is 5.41 Å². The van der Waals surface area contributed by atoms with Crippen molar-refractivity contribution in [3.8, 4) is 0 Å². The van der Waals surface area contributed by atoms with Crippen LogP contribution in [0.15, 0.2) is 0 Å². The Morgan fingerprint density at radius 2 is 1.37 bits per heavy atom. The van der Waals surface area contributed by atoms with Gasteiger partial charge in [0.2, 0.25) is 23.6 Å². The highest BCUT2D eigenvalue weighted by Gasteiger charge is 2.44. The van der Waals surface area contributed by atoms with E-state index in [1.165, 1.54) is 9.80 Å². The van der Waals surface area contributed by atoms with E-state index in [9.17, 15) is 19.2 Å². The molecule has 2 atom stereocenters. The molecule has 0 saturated carbocycles. The minimum atomic E-state index is -0.583. The predicted molar refractivity (Wildman–Crippen MR) is 101 cm³/mol. The number of hydrogen-bond acceptors (Lipinski definition) is 5. The molecular weight excluding hydrogens is 346 g/mol. The smallest absolute Gasteiger partial charge is 0.238 e. The molecule has 0 aromatic rings. The number of carbonyl (C=O) groups excluding carboxylic acids is 4. The molecule has 7 nitrogen and oxygen atoms in total. The zero-order valence-electron chi connectivity index (χ0n) is 16.8. The van der Waals surface area contributed by atoms with Crippen molar-refractivity contribution in [1.29, 1.82) is 5.41 Å². The minimum Gasteiger partial charge on any atom is -0.309 e. The van der Waals surface area contributed by atoms with Gasteiger partial charge in [-0.3, -0.25) is 29.0 Å². The molecule has 2 heterocycles. The van der Waals surface area contributed by atoms with E-state index in [1.807, 2.05) is 20.8 Å². The fourth-order valence-electron chi connectivity index (χ4n) is 3.74. The monoisotopic (exact) mass is 377 g/mol. The Kier molecular flexibility index (Phi) is 6.54. The van der Waals surface area contributed by atoms with E-state index in [4.69, 9.17) is 5.41 Å². The van der Waals surface area contributed by atoms with Gasteiger partial charge in [0.15, 0.2) is 0 Å². The summed E-state index contributed by atoms with van der Waals surface area (Å²) in [5.74, 6) is -1.41. The summed E-state index contributed by atoms with van der Waals surface area (Å²) in [6.07, 6.45) is 3.51. The Morgan fingerprint density at radius 3 is 1.78 bits per heavy atom. The summed E-state index contributed by atoms with van der Waals surface area (Å²) in [6.45, 7) is 8.34. The molecule has 0 aromatic heterocycles. The number of likely N-dealkylation sites (tertiary alicyclic amines) is 2. The normalized spacial score (nSPS) is 23.7. The Balaban J connectivity index is 1.69. The minimum absolute atomic E-state index is 0.0613. The summed E-state index contributed by atoms with van der Waals surface area (Å²) in [7, 11) is 0. The maximum Gasteiger partial charge on any atom is 0.238 e. The Hall–Kier alpha value is -2.05. The van der Waals surface area contributed by atoms with Gasteiger partial charge in [0.1, 0.15) is 0 Å². The maximum absolute atomic E-state index is 12.4. The van der Waals surface area contributed by atoms with Crippen LogP contribution >= 0.6 is 0 Å². The van der Waals surface area contributed by atoms with Crippen LogP contribution in [0.2, 0.25) is 0 Å². The lowest BCUT2D eigenvalue weighted by Crippen LogP contribution is -2.34. The lowest BCUT2D eigenvalue weighted by Gasteiger charge is -2.24. The molecule has 0 aliphatic carbocycles. The van der Waals surface area contributed by atoms with Gasteiger partial charge in [-0.05, 0) is 25.2 Å². The van der Waals surface area contributed by atoms with E-state index in [0.29, 0.717) is 25.9 Å². The summed E-state index contributed by atoms with van der Waals surface area (Å²) in [5.41, 5.74) is 0.0348. The molecule has 2 fully saturated rings. The third-order valence-corrected chi connectivity index (χ3v) is 5.57. The lowest BCUT2D eigenvalue weighted by molar-refractivity contribution is -0.141. The van der Waals surface area contributed by atoms with Gasteiger partial charge in [-0.1, -0.05) is 33.6 Å². The lowest BCUT2D eigenvalue weighted by atomic mass is 9.80. The van der Waals surface area contributed by atoms with Crippen molar-refractivity contribution >= 4 is 29.3 Å². The molecule has 2 unspecified atom stereocenters. The van der Waals surface area contributed by atoms with Gasteiger partial charge in [0.05, 0.1) is 11.8 Å². The highest BCUT2D eigenvalue weighted by atomic mass is 16.2. The second-order valence-electron chi connectivity index (χ2n) is 8.74. The average molecular weight is 377 g/mol. The fourth-order valence-corrected chi connectivity index (χ4v) is 3.74. The number of hydrogen-bond donors (Lipinski definition) is 1. The van der Waals surface area contributed by atoms with Crippen molar-refractivity contribution < 1.29 is 19.2 Å². The molecule has 7 heteroatoms. The van der Waals surface area contributed by atoms with Crippen LogP contribution in [-0.2, 0) is 19.2 Å². The van der Waals surface area contributed by atoms with Gasteiger partial charge in [-0.25, -0.2) is 0 Å². The zero-order chi connectivity index (χ0) is 20.4. The van der Waals surface area contributed by atoms with E-state index in [1.54, 1.807) is 6.92 Å². The molecule has 0 aromatic carbocycles. The number of nitrogens with one attached hydrogen (secondary N) is 1. The Morgan fingerprint density at radius 1 is 0.889 bits per heavy atom. The van der Waals surface area contributed by atoms with Crippen LogP contribution < -0.4 is 0 Å². The summed E-state index contributed by atoms with van der Waals surface area (Å²) >= 11 is 0. The van der Waals surface area contributed by atoms with Crippen molar-refractivity contribution in [2.45, 2.75) is 66.2 Å². The third kappa shape index (κ3) is 4.82. The summed E-state index contributed by atoms with van der Waals surface area (Å²) in [6, 6.07) is 0. The fraction of sp³-hybridized carbons (Fsp3) is 0.750. The number of unbranched alkanes of at least 4 members (excludes halogenated alkanes) is 3. The molecule has 0 bridgehead atoms. The maximum atomic E-state index is 12.4. The Bertz CT molecular complexity index is 650. The van der Waals surface area contributed by atoms with Gasteiger partial charge in [0.25, 0.3) is 0 Å². The SMILES string of the molecule is CC(=N)C1CC(=O)N(CCCCCCN2C(=O)CC(C(C)(C)C)C2=O)C1=O. The first kappa shape index (κ1) is 21.3. The van der Waals surface area contributed by atoms with Crippen LogP contribution in [0.1, 0.15) is 66.2 Å². The first-order valence-electron chi connectivity index (χ1n) is 9.77. The molecule has 150 valence electrons. The largest absolute Gasteiger partial charge is 0.309 e. The summed E-state index contributed by atoms with van der Waals surface area (Å²) < 4.78 is 0. The van der Waals surface area contributed by atoms with Crippen LogP contribution in [0.4, 0.5) is 0 Å². The standard InChI is InChI=1S/C20H31N3O4/c1-13(21)14-11-16(24)22(18(14)26)9-7-5-6-8-10-23-17(25)12-15(19(23)27)20(2,3)4/h14-15,21H,5-12H2,1-4H3. The highest BCUT2D eigenvalue weighted by molar-refractivity contribution is 6.14. The molecular formula is C20H31N3O4. The first-order chi connectivity index (χ1) is 12.5. The second-order valence-corrected chi connectivity index (χ2v) is 8.74. The topological polar surface area (TPSA) is 98.6 Å².